The zero-order valence-electron chi connectivity index (χ0n) is 28.7. The number of nitrogens with one attached hydrogen (secondary N) is 1. The first-order chi connectivity index (χ1) is 22.9. The van der Waals surface area contributed by atoms with Crippen molar-refractivity contribution in [2.75, 3.05) is 26.2 Å². The summed E-state index contributed by atoms with van der Waals surface area (Å²) >= 11 is 6.28. The zero-order chi connectivity index (χ0) is 34.5. The summed E-state index contributed by atoms with van der Waals surface area (Å²) < 4.78 is 7.81. The molecule has 1 aromatic heterocycles. The summed E-state index contributed by atoms with van der Waals surface area (Å²) in [7, 11) is 0. The quantitative estimate of drug-likeness (QED) is 0.213. The number of benzene rings is 2. The summed E-state index contributed by atoms with van der Waals surface area (Å²) in [6.07, 6.45) is 6.01. The van der Waals surface area contributed by atoms with Crippen LogP contribution in [0.4, 0.5) is 9.59 Å². The number of piperidine rings is 1. The number of carbonyl (C=O) groups is 3. The van der Waals surface area contributed by atoms with E-state index in [-0.39, 0.29) is 23.9 Å². The van der Waals surface area contributed by atoms with Crippen LogP contribution in [0.25, 0.3) is 10.9 Å². The van der Waals surface area contributed by atoms with Gasteiger partial charge in [-0.05, 0) is 108 Å². The van der Waals surface area contributed by atoms with Gasteiger partial charge in [0, 0.05) is 66.8 Å². The largest absolute Gasteiger partial charge is 0.444 e. The average Bonchev–Trinajstić information content (AvgIpc) is 3.35. The van der Waals surface area contributed by atoms with Crippen molar-refractivity contribution >= 4 is 40.4 Å². The van der Waals surface area contributed by atoms with Crippen LogP contribution in [0.2, 0.25) is 5.02 Å². The summed E-state index contributed by atoms with van der Waals surface area (Å²) in [5.74, 6) is 0.0743. The number of halogens is 1. The molecule has 0 aliphatic carbocycles. The number of ether oxygens (including phenoxy) is 1. The Morgan fingerprint density at radius 1 is 1.00 bits per heavy atom. The van der Waals surface area contributed by atoms with Crippen LogP contribution in [0.1, 0.15) is 83.0 Å². The van der Waals surface area contributed by atoms with Crippen LogP contribution >= 0.6 is 11.6 Å². The average molecular weight is 674 g/mol. The molecule has 2 aliphatic rings. The standard InChI is InChI=1S/C38H48ClN5O4/c1-27(45)38(25-43(26-38)35(46)41-31-17-21-42(22-18-31)36(47)48-37(2,3)4)33-14-8-6-12-28(33)11-5-7-13-32-24-29-23-30(39)15-16-34(29)44(32)20-10-9-19-40/h6,8,12,14-16,23-24,31H,5,7,9-11,13,17-18,20-22,25-26H2,1-4H3,(H,41,46). The van der Waals surface area contributed by atoms with Crippen molar-refractivity contribution in [1.29, 1.82) is 5.26 Å². The van der Waals surface area contributed by atoms with Crippen LogP contribution < -0.4 is 5.32 Å². The minimum absolute atomic E-state index is 0.0298. The third kappa shape index (κ3) is 8.15. The molecule has 0 saturated carbocycles. The molecule has 2 aromatic carbocycles. The fourth-order valence-electron chi connectivity index (χ4n) is 7.04. The Hall–Kier alpha value is -4.03. The van der Waals surface area contributed by atoms with Crippen molar-refractivity contribution in [3.63, 3.8) is 0 Å². The Labute approximate surface area is 289 Å². The highest BCUT2D eigenvalue weighted by Crippen LogP contribution is 2.38. The number of hydrogen-bond acceptors (Lipinski definition) is 5. The normalized spacial score (nSPS) is 16.3. The van der Waals surface area contributed by atoms with Gasteiger partial charge in [0.1, 0.15) is 11.4 Å². The van der Waals surface area contributed by atoms with Gasteiger partial charge >= 0.3 is 12.1 Å². The van der Waals surface area contributed by atoms with Gasteiger partial charge in [0.15, 0.2) is 0 Å². The molecule has 0 radical (unpaired) electrons. The first kappa shape index (κ1) is 35.3. The number of urea groups is 1. The number of fused-ring (bicyclic) bond motifs is 1. The van der Waals surface area contributed by atoms with E-state index >= 15 is 0 Å². The molecule has 2 aliphatic heterocycles. The highest BCUT2D eigenvalue weighted by Gasteiger charge is 2.51. The third-order valence-corrected chi connectivity index (χ3v) is 9.87. The van der Waals surface area contributed by atoms with Gasteiger partial charge < -0.3 is 24.4 Å². The lowest BCUT2D eigenvalue weighted by atomic mass is 9.69. The van der Waals surface area contributed by atoms with Crippen LogP contribution in [-0.2, 0) is 34.3 Å². The fourth-order valence-corrected chi connectivity index (χ4v) is 7.22. The fraction of sp³-hybridized carbons (Fsp3) is 0.526. The van der Waals surface area contributed by atoms with Crippen LogP contribution in [0.5, 0.6) is 0 Å². The minimum Gasteiger partial charge on any atom is -0.444 e. The summed E-state index contributed by atoms with van der Waals surface area (Å²) in [5, 5.41) is 14.0. The van der Waals surface area contributed by atoms with E-state index in [1.165, 1.54) is 5.69 Å². The molecule has 9 nitrogen and oxygen atoms in total. The molecule has 3 heterocycles. The van der Waals surface area contributed by atoms with Crippen molar-refractivity contribution in [3.8, 4) is 6.07 Å². The van der Waals surface area contributed by atoms with Crippen molar-refractivity contribution in [1.82, 2.24) is 19.7 Å². The van der Waals surface area contributed by atoms with E-state index < -0.39 is 11.0 Å². The number of nitriles is 1. The predicted molar refractivity (Wildman–Crippen MR) is 188 cm³/mol. The third-order valence-electron chi connectivity index (χ3n) is 9.64. The van der Waals surface area contributed by atoms with E-state index in [2.05, 4.69) is 40.2 Å². The van der Waals surface area contributed by atoms with Crippen molar-refractivity contribution in [3.05, 3.63) is 70.4 Å². The molecule has 2 fully saturated rings. The molecule has 3 amide bonds. The lowest BCUT2D eigenvalue weighted by Gasteiger charge is -2.50. The molecule has 256 valence electrons. The summed E-state index contributed by atoms with van der Waals surface area (Å²) in [6, 6.07) is 18.4. The van der Waals surface area contributed by atoms with Gasteiger partial charge in [0.05, 0.1) is 11.5 Å². The smallest absolute Gasteiger partial charge is 0.410 e. The topological polar surface area (TPSA) is 108 Å². The number of ketones is 1. The maximum absolute atomic E-state index is 13.2. The summed E-state index contributed by atoms with van der Waals surface area (Å²) in [4.78, 5) is 42.3. The van der Waals surface area contributed by atoms with Crippen LogP contribution in [0.3, 0.4) is 0 Å². The van der Waals surface area contributed by atoms with Crippen molar-refractivity contribution in [2.24, 2.45) is 0 Å². The molecule has 0 spiro atoms. The lowest BCUT2D eigenvalue weighted by molar-refractivity contribution is -0.127. The molecule has 2 saturated heterocycles. The van der Waals surface area contributed by atoms with Gasteiger partial charge in [0.2, 0.25) is 0 Å². The van der Waals surface area contributed by atoms with Crippen molar-refractivity contribution in [2.45, 2.75) is 103 Å². The first-order valence-corrected chi connectivity index (χ1v) is 17.6. The molecule has 3 aromatic rings. The van der Waals surface area contributed by atoms with E-state index in [0.29, 0.717) is 50.5 Å². The van der Waals surface area contributed by atoms with Crippen LogP contribution in [0, 0.1) is 11.3 Å². The van der Waals surface area contributed by atoms with E-state index in [1.54, 1.807) is 16.7 Å². The maximum atomic E-state index is 13.2. The number of likely N-dealkylation sites (tertiary alicyclic amines) is 2. The molecule has 0 unspecified atom stereocenters. The molecular weight excluding hydrogens is 626 g/mol. The first-order valence-electron chi connectivity index (χ1n) is 17.2. The molecule has 0 atom stereocenters. The highest BCUT2D eigenvalue weighted by molar-refractivity contribution is 6.31. The van der Waals surface area contributed by atoms with Crippen LogP contribution in [-0.4, -0.2) is 70.1 Å². The number of Topliss-reactive ketones (excluding diaryl/α,β-unsaturated/α-hetero) is 1. The number of carbonyl (C=O) groups excluding carboxylic acids is 3. The van der Waals surface area contributed by atoms with Gasteiger partial charge in [-0.2, -0.15) is 5.26 Å². The Kier molecular flexibility index (Phi) is 11.0. The van der Waals surface area contributed by atoms with Gasteiger partial charge in [-0.3, -0.25) is 4.79 Å². The number of unbranched alkanes of at least 4 members (excludes halogenated alkanes) is 2. The highest BCUT2D eigenvalue weighted by atomic mass is 35.5. The van der Waals surface area contributed by atoms with Crippen molar-refractivity contribution < 1.29 is 19.1 Å². The Morgan fingerprint density at radius 2 is 1.71 bits per heavy atom. The second-order valence-electron chi connectivity index (χ2n) is 14.3. The predicted octanol–water partition coefficient (Wildman–Crippen LogP) is 7.42. The molecule has 1 N–H and O–H groups in total. The Morgan fingerprint density at radius 3 is 2.40 bits per heavy atom. The molecular formula is C38H48ClN5O4. The number of aryl methyl sites for hydroxylation is 3. The number of hydrogen-bond donors (Lipinski definition) is 1. The minimum atomic E-state index is -0.708. The van der Waals surface area contributed by atoms with Gasteiger partial charge in [-0.1, -0.05) is 35.9 Å². The Balaban J connectivity index is 1.16. The van der Waals surface area contributed by atoms with Gasteiger partial charge in [-0.15, -0.1) is 0 Å². The molecule has 5 rings (SSSR count). The zero-order valence-corrected chi connectivity index (χ0v) is 29.4. The molecule has 48 heavy (non-hydrogen) atoms. The maximum Gasteiger partial charge on any atom is 0.410 e. The van der Waals surface area contributed by atoms with E-state index in [9.17, 15) is 14.4 Å². The SMILES string of the molecule is CC(=O)C1(c2ccccc2CCCCc2cc3cc(Cl)ccc3n2CCCC#N)CN(C(=O)NC2CCN(C(=O)OC(C)(C)C)CC2)C1. The van der Waals surface area contributed by atoms with Gasteiger partial charge in [-0.25, -0.2) is 9.59 Å². The van der Waals surface area contributed by atoms with E-state index in [4.69, 9.17) is 21.6 Å². The molecule has 10 heteroatoms. The summed E-state index contributed by atoms with van der Waals surface area (Å²) in [6.45, 7) is 9.76. The number of amides is 3. The second-order valence-corrected chi connectivity index (χ2v) is 14.7. The van der Waals surface area contributed by atoms with E-state index in [1.807, 2.05) is 45.0 Å². The lowest BCUT2D eigenvalue weighted by Crippen LogP contribution is -2.67. The monoisotopic (exact) mass is 673 g/mol. The molecule has 0 bridgehead atoms. The van der Waals surface area contributed by atoms with Gasteiger partial charge in [0.25, 0.3) is 0 Å². The number of rotatable bonds is 11. The Bertz CT molecular complexity index is 1670. The number of aromatic nitrogens is 1. The van der Waals surface area contributed by atoms with Crippen LogP contribution in [0.15, 0.2) is 48.5 Å². The second kappa shape index (κ2) is 15.0. The number of nitrogens with zero attached hydrogens (tertiary/aromatic N) is 4. The van der Waals surface area contributed by atoms with E-state index in [0.717, 1.165) is 60.7 Å². The summed E-state index contributed by atoms with van der Waals surface area (Å²) in [5.41, 5.74) is 3.32.